The Labute approximate surface area is 128 Å². The monoisotopic (exact) mass is 311 g/mol. The minimum atomic E-state index is -0.132. The number of aromatic hydroxyl groups is 4. The van der Waals surface area contributed by atoms with Gasteiger partial charge in [-0.15, -0.1) is 12.4 Å². The Bertz CT molecular complexity index is 551. The molecular formula is C15H18ClNO4. The largest absolute Gasteiger partial charge is 0.504 e. The molecule has 5 N–H and O–H groups in total. The Morgan fingerprint density at radius 2 is 1.24 bits per heavy atom. The van der Waals surface area contributed by atoms with Crippen molar-refractivity contribution in [3.05, 3.63) is 47.5 Å². The fourth-order valence-electron chi connectivity index (χ4n) is 1.87. The maximum atomic E-state index is 9.37. The molecule has 0 fully saturated rings. The highest BCUT2D eigenvalue weighted by Crippen LogP contribution is 2.25. The Hall–Kier alpha value is -2.11. The van der Waals surface area contributed by atoms with Gasteiger partial charge in [-0.3, -0.25) is 0 Å². The molecule has 0 heterocycles. The van der Waals surface area contributed by atoms with E-state index in [1.165, 1.54) is 24.3 Å². The van der Waals surface area contributed by atoms with Gasteiger partial charge < -0.3 is 25.7 Å². The first-order chi connectivity index (χ1) is 9.56. The fourth-order valence-corrected chi connectivity index (χ4v) is 1.87. The Morgan fingerprint density at radius 1 is 0.714 bits per heavy atom. The average Bonchev–Trinajstić information content (AvgIpc) is 2.42. The van der Waals surface area contributed by atoms with Gasteiger partial charge in [-0.25, -0.2) is 0 Å². The molecule has 0 spiro atoms. The molecule has 2 aromatic rings. The maximum Gasteiger partial charge on any atom is 0.157 e. The molecule has 0 bridgehead atoms. The first kappa shape index (κ1) is 16.9. The van der Waals surface area contributed by atoms with Crippen LogP contribution in [-0.4, -0.2) is 27.0 Å². The molecule has 0 unspecified atom stereocenters. The molecular weight excluding hydrogens is 294 g/mol. The lowest BCUT2D eigenvalue weighted by molar-refractivity contribution is 0.402. The number of benzene rings is 2. The van der Waals surface area contributed by atoms with Crippen LogP contribution in [-0.2, 0) is 13.0 Å². The second-order valence-corrected chi connectivity index (χ2v) is 4.57. The van der Waals surface area contributed by atoms with Gasteiger partial charge in [-0.2, -0.15) is 0 Å². The van der Waals surface area contributed by atoms with Crippen molar-refractivity contribution >= 4 is 12.4 Å². The summed E-state index contributed by atoms with van der Waals surface area (Å²) >= 11 is 0. The maximum absolute atomic E-state index is 9.37. The number of phenolic OH excluding ortho intramolecular Hbond substituents is 4. The second-order valence-electron chi connectivity index (χ2n) is 4.57. The quantitative estimate of drug-likeness (QED) is 0.431. The third-order valence-corrected chi connectivity index (χ3v) is 3.00. The van der Waals surface area contributed by atoms with Crippen LogP contribution in [0, 0.1) is 0 Å². The van der Waals surface area contributed by atoms with Gasteiger partial charge in [0.15, 0.2) is 23.0 Å². The zero-order valence-electron chi connectivity index (χ0n) is 11.3. The summed E-state index contributed by atoms with van der Waals surface area (Å²) in [5, 5.41) is 40.3. The van der Waals surface area contributed by atoms with Crippen LogP contribution in [0.2, 0.25) is 0 Å². The molecule has 0 aromatic heterocycles. The van der Waals surface area contributed by atoms with Crippen molar-refractivity contribution in [1.29, 1.82) is 0 Å². The highest BCUT2D eigenvalue weighted by Gasteiger charge is 2.02. The number of phenols is 4. The van der Waals surface area contributed by atoms with Crippen LogP contribution in [0.25, 0.3) is 0 Å². The summed E-state index contributed by atoms with van der Waals surface area (Å²) < 4.78 is 0. The smallest absolute Gasteiger partial charge is 0.157 e. The zero-order valence-corrected chi connectivity index (χ0v) is 12.1. The van der Waals surface area contributed by atoms with Crippen LogP contribution in [0.5, 0.6) is 23.0 Å². The van der Waals surface area contributed by atoms with Crippen LogP contribution in [0.3, 0.4) is 0 Å². The average molecular weight is 312 g/mol. The van der Waals surface area contributed by atoms with Gasteiger partial charge in [-0.05, 0) is 48.4 Å². The van der Waals surface area contributed by atoms with Gasteiger partial charge in [0.1, 0.15) is 0 Å². The van der Waals surface area contributed by atoms with E-state index in [4.69, 9.17) is 0 Å². The molecule has 6 heteroatoms. The summed E-state index contributed by atoms with van der Waals surface area (Å²) in [6, 6.07) is 9.43. The van der Waals surface area contributed by atoms with Crippen LogP contribution < -0.4 is 5.32 Å². The molecule has 0 saturated carbocycles. The molecule has 0 aliphatic heterocycles. The van der Waals surface area contributed by atoms with Crippen molar-refractivity contribution in [2.45, 2.75) is 13.0 Å². The van der Waals surface area contributed by atoms with Crippen LogP contribution in [0.1, 0.15) is 11.1 Å². The van der Waals surface area contributed by atoms with Crippen LogP contribution in [0.4, 0.5) is 0 Å². The molecule has 0 aliphatic rings. The topological polar surface area (TPSA) is 93.0 Å². The number of hydrogen-bond acceptors (Lipinski definition) is 5. The minimum Gasteiger partial charge on any atom is -0.504 e. The summed E-state index contributed by atoms with van der Waals surface area (Å²) in [7, 11) is 0. The summed E-state index contributed by atoms with van der Waals surface area (Å²) in [6.45, 7) is 1.25. The Kier molecular flexibility index (Phi) is 6.14. The molecule has 0 saturated heterocycles. The molecule has 5 nitrogen and oxygen atoms in total. The number of rotatable bonds is 5. The van der Waals surface area contributed by atoms with Crippen LogP contribution >= 0.6 is 12.4 Å². The number of hydrogen-bond donors (Lipinski definition) is 5. The first-order valence-electron chi connectivity index (χ1n) is 6.28. The summed E-state index contributed by atoms with van der Waals surface area (Å²) in [5.74, 6) is -0.506. The van der Waals surface area contributed by atoms with E-state index in [0.717, 1.165) is 11.1 Å². The highest BCUT2D eigenvalue weighted by molar-refractivity contribution is 5.85. The van der Waals surface area contributed by atoms with Gasteiger partial charge in [-0.1, -0.05) is 12.1 Å². The van der Waals surface area contributed by atoms with E-state index in [1.54, 1.807) is 12.1 Å². The Morgan fingerprint density at radius 3 is 1.81 bits per heavy atom. The van der Waals surface area contributed by atoms with Crippen molar-refractivity contribution in [3.63, 3.8) is 0 Å². The fraction of sp³-hybridized carbons (Fsp3) is 0.200. The predicted molar refractivity (Wildman–Crippen MR) is 82.2 cm³/mol. The standard InChI is InChI=1S/C15H17NO4.ClH/c17-12-3-1-10(7-14(12)19)5-6-16-9-11-2-4-13(18)15(20)8-11;/h1-4,7-8,16-20H,5-6,9H2;1H. The van der Waals surface area contributed by atoms with E-state index in [1.807, 2.05) is 0 Å². The molecule has 21 heavy (non-hydrogen) atoms. The molecule has 0 amide bonds. The third kappa shape index (κ3) is 4.73. The van der Waals surface area contributed by atoms with Crippen molar-refractivity contribution in [2.75, 3.05) is 6.54 Å². The van der Waals surface area contributed by atoms with Gasteiger partial charge in [0.25, 0.3) is 0 Å². The lowest BCUT2D eigenvalue weighted by atomic mass is 10.1. The summed E-state index contributed by atoms with van der Waals surface area (Å²) in [4.78, 5) is 0. The van der Waals surface area contributed by atoms with E-state index < -0.39 is 0 Å². The SMILES string of the molecule is Cl.Oc1ccc(CCNCc2ccc(O)c(O)c2)cc1O. The first-order valence-corrected chi connectivity index (χ1v) is 6.28. The van der Waals surface area contributed by atoms with E-state index in [9.17, 15) is 20.4 Å². The third-order valence-electron chi connectivity index (χ3n) is 3.00. The Balaban J connectivity index is 0.00000220. The minimum absolute atomic E-state index is 0. The molecule has 114 valence electrons. The molecule has 0 aliphatic carbocycles. The van der Waals surface area contributed by atoms with Gasteiger partial charge >= 0.3 is 0 Å². The van der Waals surface area contributed by atoms with Crippen molar-refractivity contribution < 1.29 is 20.4 Å². The second kappa shape index (κ2) is 7.61. The molecule has 2 aromatic carbocycles. The van der Waals surface area contributed by atoms with Crippen molar-refractivity contribution in [1.82, 2.24) is 5.32 Å². The summed E-state index contributed by atoms with van der Waals surface area (Å²) in [6.07, 6.45) is 0.706. The van der Waals surface area contributed by atoms with Gasteiger partial charge in [0, 0.05) is 6.54 Å². The van der Waals surface area contributed by atoms with Crippen molar-refractivity contribution in [2.24, 2.45) is 0 Å². The lowest BCUT2D eigenvalue weighted by Crippen LogP contribution is -2.16. The lowest BCUT2D eigenvalue weighted by Gasteiger charge is -2.07. The predicted octanol–water partition coefficient (Wildman–Crippen LogP) is 2.26. The highest BCUT2D eigenvalue weighted by atomic mass is 35.5. The molecule has 0 radical (unpaired) electrons. The summed E-state index contributed by atoms with van der Waals surface area (Å²) in [5.41, 5.74) is 1.79. The number of halogens is 1. The zero-order chi connectivity index (χ0) is 14.5. The molecule has 0 atom stereocenters. The van der Waals surface area contributed by atoms with Crippen molar-refractivity contribution in [3.8, 4) is 23.0 Å². The van der Waals surface area contributed by atoms with E-state index in [0.29, 0.717) is 19.5 Å². The molecule has 2 rings (SSSR count). The van der Waals surface area contributed by atoms with Gasteiger partial charge in [0.2, 0.25) is 0 Å². The number of nitrogens with one attached hydrogen (secondary N) is 1. The van der Waals surface area contributed by atoms with E-state index in [2.05, 4.69) is 5.32 Å². The van der Waals surface area contributed by atoms with Gasteiger partial charge in [0.05, 0.1) is 0 Å². The van der Waals surface area contributed by atoms with Crippen LogP contribution in [0.15, 0.2) is 36.4 Å². The van der Waals surface area contributed by atoms with E-state index in [-0.39, 0.29) is 35.4 Å². The van der Waals surface area contributed by atoms with E-state index >= 15 is 0 Å². The normalized spacial score (nSPS) is 10.1.